The topological polar surface area (TPSA) is 57.5 Å². The average molecular weight is 423 g/mol. The number of hydrogen-bond acceptors (Lipinski definition) is 3. The summed E-state index contributed by atoms with van der Waals surface area (Å²) < 4.78 is 0. The highest BCUT2D eigenvalue weighted by Gasteiger charge is 2.20. The van der Waals surface area contributed by atoms with Crippen molar-refractivity contribution in [1.82, 2.24) is 0 Å². The van der Waals surface area contributed by atoms with Crippen LogP contribution in [0.25, 0.3) is 0 Å². The zero-order chi connectivity index (χ0) is 21.2. The van der Waals surface area contributed by atoms with E-state index in [1.165, 1.54) is 69.1 Å². The van der Waals surface area contributed by atoms with Crippen molar-refractivity contribution in [3.63, 3.8) is 0 Å². The molecule has 2 atom stereocenters. The van der Waals surface area contributed by atoms with E-state index < -0.39 is 12.1 Å². The Hall–Kier alpha value is -1.00. The standard InChI is InChI=1S/C25H42O3S/c1-2-3-4-5-6-7-8-9-10-11-15-20-24(23(26)19-16-21-25(27)28)29-22-17-13-12-14-18-22/h12-14,17-18,23-24,26H,2-11,15-16,19-21H2,1H3,(H,27,28). The molecular weight excluding hydrogens is 380 g/mol. The Morgan fingerprint density at radius 3 is 1.93 bits per heavy atom. The molecule has 0 fully saturated rings. The molecule has 0 heterocycles. The molecule has 166 valence electrons. The number of aliphatic hydroxyl groups excluding tert-OH is 1. The van der Waals surface area contributed by atoms with Gasteiger partial charge in [0, 0.05) is 16.6 Å². The molecular formula is C25H42O3S. The number of thioether (sulfide) groups is 1. The fourth-order valence-electron chi connectivity index (χ4n) is 3.66. The van der Waals surface area contributed by atoms with E-state index in [2.05, 4.69) is 19.1 Å². The van der Waals surface area contributed by atoms with Gasteiger partial charge < -0.3 is 10.2 Å². The first-order chi connectivity index (χ1) is 14.1. The van der Waals surface area contributed by atoms with E-state index in [1.807, 2.05) is 18.2 Å². The van der Waals surface area contributed by atoms with Crippen molar-refractivity contribution in [3.05, 3.63) is 30.3 Å². The van der Waals surface area contributed by atoms with E-state index in [1.54, 1.807) is 11.8 Å². The van der Waals surface area contributed by atoms with E-state index >= 15 is 0 Å². The minimum atomic E-state index is -0.783. The molecule has 0 amide bonds. The van der Waals surface area contributed by atoms with Gasteiger partial charge in [-0.05, 0) is 31.4 Å². The molecule has 2 unspecified atom stereocenters. The van der Waals surface area contributed by atoms with Crippen LogP contribution in [-0.4, -0.2) is 27.5 Å². The lowest BCUT2D eigenvalue weighted by Gasteiger charge is -2.22. The quantitative estimate of drug-likeness (QED) is 0.179. The van der Waals surface area contributed by atoms with Gasteiger partial charge in [-0.25, -0.2) is 0 Å². The first kappa shape index (κ1) is 26.0. The summed E-state index contributed by atoms with van der Waals surface area (Å²) in [5, 5.41) is 19.6. The zero-order valence-electron chi connectivity index (χ0n) is 18.4. The highest BCUT2D eigenvalue weighted by atomic mass is 32.2. The van der Waals surface area contributed by atoms with Gasteiger partial charge in [-0.15, -0.1) is 11.8 Å². The van der Waals surface area contributed by atoms with E-state index in [0.29, 0.717) is 12.8 Å². The molecule has 2 N–H and O–H groups in total. The third-order valence-electron chi connectivity index (χ3n) is 5.44. The number of aliphatic hydroxyl groups is 1. The second-order valence-electron chi connectivity index (χ2n) is 8.15. The molecule has 1 aromatic carbocycles. The summed E-state index contributed by atoms with van der Waals surface area (Å²) in [6.07, 6.45) is 16.4. The van der Waals surface area contributed by atoms with Crippen LogP contribution in [0.4, 0.5) is 0 Å². The molecule has 0 aromatic heterocycles. The van der Waals surface area contributed by atoms with Crippen molar-refractivity contribution in [2.75, 3.05) is 0 Å². The molecule has 1 aromatic rings. The predicted molar refractivity (Wildman–Crippen MR) is 125 cm³/mol. The molecule has 29 heavy (non-hydrogen) atoms. The maximum Gasteiger partial charge on any atom is 0.303 e. The van der Waals surface area contributed by atoms with Gasteiger partial charge in [-0.3, -0.25) is 4.79 Å². The Kier molecular flexibility index (Phi) is 16.0. The maximum atomic E-state index is 10.7. The second kappa shape index (κ2) is 17.8. The van der Waals surface area contributed by atoms with Crippen molar-refractivity contribution in [2.45, 2.75) is 119 Å². The van der Waals surface area contributed by atoms with Crippen LogP contribution in [0.5, 0.6) is 0 Å². The first-order valence-electron chi connectivity index (χ1n) is 11.7. The molecule has 0 bridgehead atoms. The summed E-state index contributed by atoms with van der Waals surface area (Å²) in [5.74, 6) is -0.783. The smallest absolute Gasteiger partial charge is 0.303 e. The van der Waals surface area contributed by atoms with Crippen LogP contribution in [-0.2, 0) is 4.79 Å². The fourth-order valence-corrected chi connectivity index (χ4v) is 4.90. The van der Waals surface area contributed by atoms with E-state index in [0.717, 1.165) is 12.8 Å². The van der Waals surface area contributed by atoms with Crippen molar-refractivity contribution < 1.29 is 15.0 Å². The van der Waals surface area contributed by atoms with Crippen molar-refractivity contribution in [1.29, 1.82) is 0 Å². The normalized spacial score (nSPS) is 13.3. The van der Waals surface area contributed by atoms with Crippen LogP contribution in [0, 0.1) is 0 Å². The molecule has 0 aliphatic heterocycles. The molecule has 0 aliphatic carbocycles. The number of rotatable bonds is 19. The average Bonchev–Trinajstić information content (AvgIpc) is 2.71. The zero-order valence-corrected chi connectivity index (χ0v) is 19.2. The monoisotopic (exact) mass is 422 g/mol. The highest BCUT2D eigenvalue weighted by Crippen LogP contribution is 2.31. The van der Waals surface area contributed by atoms with Gasteiger partial charge in [0.2, 0.25) is 0 Å². The van der Waals surface area contributed by atoms with E-state index in [-0.39, 0.29) is 11.7 Å². The van der Waals surface area contributed by atoms with E-state index in [9.17, 15) is 9.90 Å². The third kappa shape index (κ3) is 14.6. The van der Waals surface area contributed by atoms with Crippen LogP contribution < -0.4 is 0 Å². The van der Waals surface area contributed by atoms with Gasteiger partial charge in [-0.2, -0.15) is 0 Å². The van der Waals surface area contributed by atoms with E-state index in [4.69, 9.17) is 5.11 Å². The number of hydrogen-bond donors (Lipinski definition) is 2. The minimum absolute atomic E-state index is 0.137. The number of carboxylic acid groups (broad SMARTS) is 1. The molecule has 0 radical (unpaired) electrons. The Balaban J connectivity index is 2.24. The summed E-state index contributed by atoms with van der Waals surface area (Å²) in [6.45, 7) is 2.26. The van der Waals surface area contributed by atoms with Crippen molar-refractivity contribution in [3.8, 4) is 0 Å². The lowest BCUT2D eigenvalue weighted by Crippen LogP contribution is -2.23. The van der Waals surface area contributed by atoms with Crippen LogP contribution >= 0.6 is 11.8 Å². The van der Waals surface area contributed by atoms with Gasteiger partial charge in [0.1, 0.15) is 0 Å². The largest absolute Gasteiger partial charge is 0.481 e. The minimum Gasteiger partial charge on any atom is -0.481 e. The summed E-state index contributed by atoms with van der Waals surface area (Å²) in [6, 6.07) is 10.2. The molecule has 0 saturated heterocycles. The van der Waals surface area contributed by atoms with Gasteiger partial charge >= 0.3 is 5.97 Å². The molecule has 0 spiro atoms. The maximum absolute atomic E-state index is 10.7. The molecule has 3 nitrogen and oxygen atoms in total. The Morgan fingerprint density at radius 2 is 1.38 bits per heavy atom. The van der Waals surface area contributed by atoms with Gasteiger partial charge in [-0.1, -0.05) is 95.8 Å². The van der Waals surface area contributed by atoms with Crippen LogP contribution in [0.15, 0.2) is 35.2 Å². The SMILES string of the molecule is CCCCCCCCCCCCCC(Sc1ccccc1)C(O)CCCC(=O)O. The van der Waals surface area contributed by atoms with Gasteiger partial charge in [0.15, 0.2) is 0 Å². The summed E-state index contributed by atoms with van der Waals surface area (Å²) in [7, 11) is 0. The number of carboxylic acids is 1. The second-order valence-corrected chi connectivity index (χ2v) is 9.46. The summed E-state index contributed by atoms with van der Waals surface area (Å²) in [5.41, 5.74) is 0. The molecule has 4 heteroatoms. The Bertz CT molecular complexity index is 506. The summed E-state index contributed by atoms with van der Waals surface area (Å²) >= 11 is 1.74. The lowest BCUT2D eigenvalue weighted by molar-refractivity contribution is -0.137. The number of unbranched alkanes of at least 4 members (excludes halogenated alkanes) is 10. The fraction of sp³-hybridized carbons (Fsp3) is 0.720. The van der Waals surface area contributed by atoms with Gasteiger partial charge in [0.05, 0.1) is 6.10 Å². The highest BCUT2D eigenvalue weighted by molar-refractivity contribution is 8.00. The number of aliphatic carboxylic acids is 1. The number of benzene rings is 1. The first-order valence-corrected chi connectivity index (χ1v) is 12.6. The van der Waals surface area contributed by atoms with Gasteiger partial charge in [0.25, 0.3) is 0 Å². The molecule has 0 aliphatic rings. The molecule has 1 rings (SSSR count). The van der Waals surface area contributed by atoms with Crippen LogP contribution in [0.1, 0.15) is 103 Å². The van der Waals surface area contributed by atoms with Crippen LogP contribution in [0.2, 0.25) is 0 Å². The molecule has 0 saturated carbocycles. The Labute approximate surface area is 182 Å². The summed E-state index contributed by atoms with van der Waals surface area (Å²) in [4.78, 5) is 11.9. The van der Waals surface area contributed by atoms with Crippen molar-refractivity contribution in [2.24, 2.45) is 0 Å². The Morgan fingerprint density at radius 1 is 0.828 bits per heavy atom. The lowest BCUT2D eigenvalue weighted by atomic mass is 10.0. The predicted octanol–water partition coefficient (Wildman–Crippen LogP) is 7.46. The van der Waals surface area contributed by atoms with Crippen molar-refractivity contribution >= 4 is 17.7 Å². The van der Waals surface area contributed by atoms with Crippen LogP contribution in [0.3, 0.4) is 0 Å². The third-order valence-corrected chi connectivity index (χ3v) is 6.84. The number of carbonyl (C=O) groups is 1.